The van der Waals surface area contributed by atoms with Gasteiger partial charge in [0.1, 0.15) is 5.60 Å². The molecule has 0 fully saturated rings. The van der Waals surface area contributed by atoms with E-state index in [9.17, 15) is 14.7 Å². The summed E-state index contributed by atoms with van der Waals surface area (Å²) < 4.78 is 10.2. The van der Waals surface area contributed by atoms with Crippen molar-refractivity contribution >= 4 is 17.7 Å². The summed E-state index contributed by atoms with van der Waals surface area (Å²) in [4.78, 5) is 23.3. The Balaban J connectivity index is 2.89. The maximum atomic E-state index is 11.7. The van der Waals surface area contributed by atoms with Gasteiger partial charge >= 0.3 is 12.1 Å². The van der Waals surface area contributed by atoms with Crippen LogP contribution in [0.3, 0.4) is 0 Å². The molecule has 0 aromatic heterocycles. The van der Waals surface area contributed by atoms with E-state index < -0.39 is 17.7 Å². The predicted molar refractivity (Wildman–Crippen MR) is 78.5 cm³/mol. The van der Waals surface area contributed by atoms with Crippen LogP contribution in [0, 0.1) is 0 Å². The normalized spacial score (nSPS) is 10.9. The van der Waals surface area contributed by atoms with Crippen molar-refractivity contribution in [2.24, 2.45) is 0 Å². The molecule has 116 valence electrons. The highest BCUT2D eigenvalue weighted by Gasteiger charge is 2.19. The average molecular weight is 295 g/mol. The smallest absolute Gasteiger partial charge is 0.412 e. The molecule has 1 aromatic carbocycles. The van der Waals surface area contributed by atoms with E-state index in [4.69, 9.17) is 9.47 Å². The van der Waals surface area contributed by atoms with E-state index in [-0.39, 0.29) is 23.6 Å². The Kier molecular flexibility index (Phi) is 5.58. The number of ether oxygens (including phenoxy) is 2. The second kappa shape index (κ2) is 6.97. The van der Waals surface area contributed by atoms with Crippen LogP contribution in [0.1, 0.15) is 40.5 Å². The van der Waals surface area contributed by atoms with E-state index in [1.807, 2.05) is 6.92 Å². The van der Waals surface area contributed by atoms with Gasteiger partial charge in [-0.3, -0.25) is 10.1 Å². The molecule has 1 aromatic rings. The highest BCUT2D eigenvalue weighted by molar-refractivity contribution is 5.89. The van der Waals surface area contributed by atoms with Gasteiger partial charge in [-0.25, -0.2) is 4.79 Å². The van der Waals surface area contributed by atoms with Crippen molar-refractivity contribution in [2.45, 2.75) is 46.1 Å². The summed E-state index contributed by atoms with van der Waals surface area (Å²) in [7, 11) is 0. The number of para-hydroxylation sites is 1. The standard InChI is InChI=1S/C15H21NO5/c1-5-7-12(18)20-13-10(8-6-9-11(13)17)16-14(19)21-15(2,3)4/h6,8-9,17H,5,7H2,1-4H3,(H,16,19). The van der Waals surface area contributed by atoms with Crippen molar-refractivity contribution in [2.75, 3.05) is 5.32 Å². The van der Waals surface area contributed by atoms with Gasteiger partial charge in [-0.2, -0.15) is 0 Å². The van der Waals surface area contributed by atoms with Crippen LogP contribution in [-0.2, 0) is 9.53 Å². The molecule has 6 nitrogen and oxygen atoms in total. The van der Waals surface area contributed by atoms with E-state index in [1.54, 1.807) is 20.8 Å². The number of hydrogen-bond acceptors (Lipinski definition) is 5. The first-order chi connectivity index (χ1) is 9.73. The number of phenolic OH excluding ortho intramolecular Hbond substituents is 1. The number of anilines is 1. The molecule has 6 heteroatoms. The molecule has 21 heavy (non-hydrogen) atoms. The lowest BCUT2D eigenvalue weighted by atomic mass is 10.2. The van der Waals surface area contributed by atoms with Crippen molar-refractivity contribution in [3.8, 4) is 11.5 Å². The fourth-order valence-corrected chi connectivity index (χ4v) is 1.51. The second-order valence-corrected chi connectivity index (χ2v) is 5.50. The number of phenols is 1. The number of carbonyl (C=O) groups is 2. The molecule has 1 rings (SSSR count). The van der Waals surface area contributed by atoms with E-state index in [0.717, 1.165) is 0 Å². The molecular weight excluding hydrogens is 274 g/mol. The summed E-state index contributed by atoms with van der Waals surface area (Å²) in [5, 5.41) is 12.2. The first-order valence-corrected chi connectivity index (χ1v) is 6.75. The number of amides is 1. The first kappa shape index (κ1) is 16.8. The lowest BCUT2D eigenvalue weighted by Gasteiger charge is -2.20. The Morgan fingerprint density at radius 2 is 1.95 bits per heavy atom. The summed E-state index contributed by atoms with van der Waals surface area (Å²) in [5.41, 5.74) is -0.478. The van der Waals surface area contributed by atoms with Gasteiger partial charge in [-0.1, -0.05) is 13.0 Å². The number of nitrogens with one attached hydrogen (secondary N) is 1. The quantitative estimate of drug-likeness (QED) is 0.656. The van der Waals surface area contributed by atoms with Crippen molar-refractivity contribution in [1.82, 2.24) is 0 Å². The molecule has 0 saturated heterocycles. The molecular formula is C15H21NO5. The highest BCUT2D eigenvalue weighted by Crippen LogP contribution is 2.34. The SMILES string of the molecule is CCCC(=O)Oc1c(O)cccc1NC(=O)OC(C)(C)C. The summed E-state index contributed by atoms with van der Waals surface area (Å²) >= 11 is 0. The zero-order valence-electron chi connectivity index (χ0n) is 12.7. The van der Waals surface area contributed by atoms with Gasteiger partial charge in [0.15, 0.2) is 11.5 Å². The molecule has 0 aliphatic heterocycles. The second-order valence-electron chi connectivity index (χ2n) is 5.50. The molecule has 0 bridgehead atoms. The molecule has 1 amide bonds. The molecule has 0 aliphatic rings. The minimum atomic E-state index is -0.694. The molecule has 0 heterocycles. The number of rotatable bonds is 4. The number of esters is 1. The average Bonchev–Trinajstić information content (AvgIpc) is 2.31. The minimum Gasteiger partial charge on any atom is -0.504 e. The number of hydrogen-bond donors (Lipinski definition) is 2. The summed E-state index contributed by atoms with van der Waals surface area (Å²) in [6.45, 7) is 7.04. The molecule has 2 N–H and O–H groups in total. The van der Waals surface area contributed by atoms with E-state index in [0.29, 0.717) is 6.42 Å². The molecule has 0 aliphatic carbocycles. The lowest BCUT2D eigenvalue weighted by Crippen LogP contribution is -2.27. The third kappa shape index (κ3) is 5.72. The summed E-state index contributed by atoms with van der Waals surface area (Å²) in [5.74, 6) is -0.791. The number of aromatic hydroxyl groups is 1. The lowest BCUT2D eigenvalue weighted by molar-refractivity contribution is -0.134. The monoisotopic (exact) mass is 295 g/mol. The zero-order valence-corrected chi connectivity index (χ0v) is 12.7. The molecule has 0 atom stereocenters. The third-order valence-electron chi connectivity index (χ3n) is 2.30. The predicted octanol–water partition coefficient (Wildman–Crippen LogP) is 3.44. The Hall–Kier alpha value is -2.24. The summed E-state index contributed by atoms with van der Waals surface area (Å²) in [6.07, 6.45) is 0.155. The van der Waals surface area contributed by atoms with E-state index >= 15 is 0 Å². The van der Waals surface area contributed by atoms with Gasteiger partial charge in [0.05, 0.1) is 5.69 Å². The topological polar surface area (TPSA) is 84.9 Å². The van der Waals surface area contributed by atoms with Gasteiger partial charge in [0.2, 0.25) is 0 Å². The zero-order chi connectivity index (χ0) is 16.0. The largest absolute Gasteiger partial charge is 0.504 e. The van der Waals surface area contributed by atoms with E-state index in [1.165, 1.54) is 18.2 Å². The van der Waals surface area contributed by atoms with Crippen molar-refractivity contribution in [3.05, 3.63) is 18.2 Å². The maximum Gasteiger partial charge on any atom is 0.412 e. The summed E-state index contributed by atoms with van der Waals surface area (Å²) in [6, 6.07) is 4.41. The molecule has 0 unspecified atom stereocenters. The Morgan fingerprint density at radius 3 is 2.52 bits per heavy atom. The molecule has 0 spiro atoms. The Labute approximate surface area is 124 Å². The van der Waals surface area contributed by atoms with Gasteiger partial charge in [-0.15, -0.1) is 0 Å². The number of carbonyl (C=O) groups excluding carboxylic acids is 2. The fraction of sp³-hybridized carbons (Fsp3) is 0.467. The van der Waals surface area contributed by atoms with Gasteiger partial charge in [0.25, 0.3) is 0 Å². The fourth-order valence-electron chi connectivity index (χ4n) is 1.51. The van der Waals surface area contributed by atoms with Gasteiger partial charge < -0.3 is 14.6 Å². The van der Waals surface area contributed by atoms with Crippen LogP contribution in [-0.4, -0.2) is 22.8 Å². The van der Waals surface area contributed by atoms with Crippen LogP contribution in [0.2, 0.25) is 0 Å². The van der Waals surface area contributed by atoms with Crippen LogP contribution in [0.15, 0.2) is 18.2 Å². The van der Waals surface area contributed by atoms with Crippen LogP contribution < -0.4 is 10.1 Å². The van der Waals surface area contributed by atoms with Gasteiger partial charge in [0, 0.05) is 6.42 Å². The molecule has 0 saturated carbocycles. The molecule has 0 radical (unpaired) electrons. The van der Waals surface area contributed by atoms with Crippen LogP contribution in [0.25, 0.3) is 0 Å². The Morgan fingerprint density at radius 1 is 1.29 bits per heavy atom. The minimum absolute atomic E-state index is 0.0817. The van der Waals surface area contributed by atoms with Gasteiger partial charge in [-0.05, 0) is 39.3 Å². The van der Waals surface area contributed by atoms with Crippen LogP contribution in [0.4, 0.5) is 10.5 Å². The van der Waals surface area contributed by atoms with Crippen molar-refractivity contribution in [1.29, 1.82) is 0 Å². The third-order valence-corrected chi connectivity index (χ3v) is 2.30. The highest BCUT2D eigenvalue weighted by atomic mass is 16.6. The van der Waals surface area contributed by atoms with Crippen LogP contribution in [0.5, 0.6) is 11.5 Å². The van der Waals surface area contributed by atoms with Crippen molar-refractivity contribution in [3.63, 3.8) is 0 Å². The maximum absolute atomic E-state index is 11.7. The number of benzene rings is 1. The van der Waals surface area contributed by atoms with Crippen LogP contribution >= 0.6 is 0 Å². The van der Waals surface area contributed by atoms with Crippen molar-refractivity contribution < 1.29 is 24.2 Å². The Bertz CT molecular complexity index is 519. The van der Waals surface area contributed by atoms with E-state index in [2.05, 4.69) is 5.32 Å². The first-order valence-electron chi connectivity index (χ1n) is 6.75.